The van der Waals surface area contributed by atoms with Crippen LogP contribution in [0.1, 0.15) is 22.0 Å². The topological polar surface area (TPSA) is 90.6 Å². The molecule has 0 bridgehead atoms. The van der Waals surface area contributed by atoms with Crippen LogP contribution in [0.25, 0.3) is 0 Å². The van der Waals surface area contributed by atoms with Crippen LogP contribution in [0.5, 0.6) is 11.5 Å². The van der Waals surface area contributed by atoms with Crippen molar-refractivity contribution < 1.29 is 19.1 Å². The van der Waals surface area contributed by atoms with E-state index in [4.69, 9.17) is 15.2 Å². The molecule has 2 aromatic carbocycles. The first-order valence-corrected chi connectivity index (χ1v) is 8.12. The molecule has 0 radical (unpaired) electrons. The fourth-order valence-electron chi connectivity index (χ4n) is 2.20. The number of carbonyl (C=O) groups is 2. The van der Waals surface area contributed by atoms with Crippen LogP contribution in [0, 0.1) is 3.57 Å². The second kappa shape index (κ2) is 8.00. The van der Waals surface area contributed by atoms with E-state index in [1.54, 1.807) is 36.4 Å². The van der Waals surface area contributed by atoms with Crippen LogP contribution in [0.4, 0.5) is 0 Å². The third-order valence-corrected chi connectivity index (χ3v) is 4.30. The van der Waals surface area contributed by atoms with Crippen LogP contribution >= 0.6 is 22.6 Å². The molecule has 2 rings (SSSR count). The van der Waals surface area contributed by atoms with Crippen molar-refractivity contribution in [1.29, 1.82) is 0 Å². The Bertz CT molecular complexity index is 750. The van der Waals surface area contributed by atoms with E-state index in [-0.39, 0.29) is 0 Å². The SMILES string of the molecule is COc1cc(I)c(C(=O)NC(C(N)=O)c2ccccc2)cc1OC. The Morgan fingerprint density at radius 1 is 1.08 bits per heavy atom. The Hall–Kier alpha value is -2.29. The van der Waals surface area contributed by atoms with Gasteiger partial charge >= 0.3 is 0 Å². The number of nitrogens with one attached hydrogen (secondary N) is 1. The predicted octanol–water partition coefficient (Wildman–Crippen LogP) is 2.26. The van der Waals surface area contributed by atoms with Gasteiger partial charge in [-0.15, -0.1) is 0 Å². The molecule has 2 amide bonds. The summed E-state index contributed by atoms with van der Waals surface area (Å²) in [5, 5.41) is 2.66. The number of amides is 2. The van der Waals surface area contributed by atoms with Crippen LogP contribution in [-0.2, 0) is 4.79 Å². The van der Waals surface area contributed by atoms with E-state index in [1.165, 1.54) is 14.2 Å². The number of ether oxygens (including phenoxy) is 2. The molecule has 126 valence electrons. The number of benzene rings is 2. The van der Waals surface area contributed by atoms with Crippen molar-refractivity contribution in [2.24, 2.45) is 5.73 Å². The lowest BCUT2D eigenvalue weighted by Crippen LogP contribution is -2.37. The van der Waals surface area contributed by atoms with Gasteiger partial charge in [-0.2, -0.15) is 0 Å². The van der Waals surface area contributed by atoms with Gasteiger partial charge in [0.1, 0.15) is 6.04 Å². The van der Waals surface area contributed by atoms with Gasteiger partial charge in [0.05, 0.1) is 19.8 Å². The highest BCUT2D eigenvalue weighted by atomic mass is 127. The maximum atomic E-state index is 12.6. The number of rotatable bonds is 6. The smallest absolute Gasteiger partial charge is 0.253 e. The second-order valence-electron chi connectivity index (χ2n) is 4.91. The Morgan fingerprint density at radius 3 is 2.21 bits per heavy atom. The second-order valence-corrected chi connectivity index (χ2v) is 6.07. The van der Waals surface area contributed by atoms with E-state index in [1.807, 2.05) is 28.7 Å². The molecule has 0 heterocycles. The van der Waals surface area contributed by atoms with Gasteiger partial charge in [-0.05, 0) is 40.3 Å². The first-order valence-electron chi connectivity index (χ1n) is 7.04. The molecule has 1 atom stereocenters. The lowest BCUT2D eigenvalue weighted by molar-refractivity contribution is -0.120. The molecule has 0 aliphatic carbocycles. The summed E-state index contributed by atoms with van der Waals surface area (Å²) in [7, 11) is 3.01. The lowest BCUT2D eigenvalue weighted by Gasteiger charge is -2.17. The van der Waals surface area contributed by atoms with Gasteiger partial charge < -0.3 is 20.5 Å². The van der Waals surface area contributed by atoms with Crippen molar-refractivity contribution in [2.45, 2.75) is 6.04 Å². The molecule has 0 saturated heterocycles. The van der Waals surface area contributed by atoms with E-state index in [9.17, 15) is 9.59 Å². The van der Waals surface area contributed by atoms with Gasteiger partial charge in [0, 0.05) is 3.57 Å². The third kappa shape index (κ3) is 3.97. The van der Waals surface area contributed by atoms with Crippen molar-refractivity contribution in [3.63, 3.8) is 0 Å². The van der Waals surface area contributed by atoms with Crippen LogP contribution in [0.2, 0.25) is 0 Å². The number of halogens is 1. The van der Waals surface area contributed by atoms with Gasteiger partial charge in [-0.3, -0.25) is 9.59 Å². The highest BCUT2D eigenvalue weighted by Gasteiger charge is 2.23. The quantitative estimate of drug-likeness (QED) is 0.675. The normalized spacial score (nSPS) is 11.5. The van der Waals surface area contributed by atoms with Crippen LogP contribution < -0.4 is 20.5 Å². The number of primary amides is 1. The zero-order valence-corrected chi connectivity index (χ0v) is 15.4. The van der Waals surface area contributed by atoms with Gasteiger partial charge in [0.25, 0.3) is 5.91 Å². The van der Waals surface area contributed by atoms with E-state index < -0.39 is 17.9 Å². The molecule has 24 heavy (non-hydrogen) atoms. The van der Waals surface area contributed by atoms with Gasteiger partial charge in [0.15, 0.2) is 11.5 Å². The molecule has 2 aromatic rings. The first kappa shape index (κ1) is 18.1. The monoisotopic (exact) mass is 440 g/mol. The predicted molar refractivity (Wildman–Crippen MR) is 98.1 cm³/mol. The molecule has 0 spiro atoms. The average Bonchev–Trinajstić information content (AvgIpc) is 2.59. The summed E-state index contributed by atoms with van der Waals surface area (Å²) in [6.07, 6.45) is 0. The van der Waals surface area contributed by atoms with Crippen molar-refractivity contribution in [1.82, 2.24) is 5.32 Å². The summed E-state index contributed by atoms with van der Waals surface area (Å²) in [6, 6.07) is 11.2. The number of nitrogens with two attached hydrogens (primary N) is 1. The van der Waals surface area contributed by atoms with Crippen molar-refractivity contribution in [2.75, 3.05) is 14.2 Å². The average molecular weight is 440 g/mol. The number of hydrogen-bond donors (Lipinski definition) is 2. The number of hydrogen-bond acceptors (Lipinski definition) is 4. The van der Waals surface area contributed by atoms with Gasteiger partial charge in [-0.1, -0.05) is 30.3 Å². The summed E-state index contributed by atoms with van der Waals surface area (Å²) >= 11 is 2.02. The third-order valence-electron chi connectivity index (χ3n) is 3.41. The summed E-state index contributed by atoms with van der Waals surface area (Å²) in [6.45, 7) is 0. The van der Waals surface area contributed by atoms with E-state index in [0.29, 0.717) is 26.2 Å². The summed E-state index contributed by atoms with van der Waals surface area (Å²) in [5.41, 5.74) is 6.42. The summed E-state index contributed by atoms with van der Waals surface area (Å²) in [5.74, 6) is -0.107. The molecule has 0 aliphatic rings. The Labute approximate surface area is 153 Å². The summed E-state index contributed by atoms with van der Waals surface area (Å²) in [4.78, 5) is 24.3. The van der Waals surface area contributed by atoms with E-state index >= 15 is 0 Å². The largest absolute Gasteiger partial charge is 0.493 e. The van der Waals surface area contributed by atoms with Crippen LogP contribution in [0.3, 0.4) is 0 Å². The molecule has 0 fully saturated rings. The molecule has 1 unspecified atom stereocenters. The molecule has 0 aliphatic heterocycles. The highest BCUT2D eigenvalue weighted by Crippen LogP contribution is 2.31. The molecule has 6 nitrogen and oxygen atoms in total. The minimum Gasteiger partial charge on any atom is -0.493 e. The lowest BCUT2D eigenvalue weighted by atomic mass is 10.1. The Balaban J connectivity index is 2.33. The number of methoxy groups -OCH3 is 2. The van der Waals surface area contributed by atoms with Crippen molar-refractivity contribution in [3.8, 4) is 11.5 Å². The zero-order valence-electron chi connectivity index (χ0n) is 13.2. The molecule has 3 N–H and O–H groups in total. The molecule has 0 saturated carbocycles. The standard InChI is InChI=1S/C17H17IN2O4/c1-23-13-8-11(12(18)9-14(13)24-2)17(22)20-15(16(19)21)10-6-4-3-5-7-10/h3-9,15H,1-2H3,(H2,19,21)(H,20,22). The van der Waals surface area contributed by atoms with Gasteiger partial charge in [-0.25, -0.2) is 0 Å². The Morgan fingerprint density at radius 2 is 1.67 bits per heavy atom. The molecular weight excluding hydrogens is 423 g/mol. The number of carbonyl (C=O) groups excluding carboxylic acids is 2. The molecule has 0 aromatic heterocycles. The fourth-order valence-corrected chi connectivity index (χ4v) is 2.88. The van der Waals surface area contributed by atoms with E-state index in [0.717, 1.165) is 0 Å². The summed E-state index contributed by atoms with van der Waals surface area (Å²) < 4.78 is 11.1. The van der Waals surface area contributed by atoms with E-state index in [2.05, 4.69) is 5.32 Å². The fraction of sp³-hybridized carbons (Fsp3) is 0.176. The van der Waals surface area contributed by atoms with Crippen molar-refractivity contribution in [3.05, 3.63) is 57.2 Å². The van der Waals surface area contributed by atoms with Crippen LogP contribution in [0.15, 0.2) is 42.5 Å². The molecule has 7 heteroatoms. The highest BCUT2D eigenvalue weighted by molar-refractivity contribution is 14.1. The van der Waals surface area contributed by atoms with Crippen LogP contribution in [-0.4, -0.2) is 26.0 Å². The minimum atomic E-state index is -0.914. The molecular formula is C17H17IN2O4. The maximum absolute atomic E-state index is 12.6. The maximum Gasteiger partial charge on any atom is 0.253 e. The van der Waals surface area contributed by atoms with Gasteiger partial charge in [0.2, 0.25) is 5.91 Å². The first-order chi connectivity index (χ1) is 11.5. The minimum absolute atomic E-state index is 0.371. The Kier molecular flexibility index (Phi) is 6.02. The zero-order chi connectivity index (χ0) is 17.7. The van der Waals surface area contributed by atoms with Crippen molar-refractivity contribution >= 4 is 34.4 Å².